The van der Waals surface area contributed by atoms with E-state index < -0.39 is 0 Å². The molecule has 1 aliphatic carbocycles. The van der Waals surface area contributed by atoms with Gasteiger partial charge in [0.15, 0.2) is 17.5 Å². The van der Waals surface area contributed by atoms with Gasteiger partial charge in [-0.05, 0) is 49.4 Å². The molecule has 0 saturated heterocycles. The van der Waals surface area contributed by atoms with Gasteiger partial charge in [0.25, 0.3) is 0 Å². The van der Waals surface area contributed by atoms with Crippen LogP contribution in [0.15, 0.2) is 47.5 Å². The summed E-state index contributed by atoms with van der Waals surface area (Å²) in [7, 11) is 5.10. The first-order chi connectivity index (χ1) is 14.7. The highest BCUT2D eigenvalue weighted by Gasteiger charge is 2.43. The first-order valence-corrected chi connectivity index (χ1v) is 10.6. The summed E-state index contributed by atoms with van der Waals surface area (Å²) >= 11 is 0. The molecule has 1 aliphatic heterocycles. The molecule has 1 spiro atoms. The molecule has 2 aliphatic rings. The Morgan fingerprint density at radius 3 is 2.55 bits per heavy atom. The molecule has 1 saturated carbocycles. The fraction of sp³-hybridized carbons (Fsp3) is 0.458. The second kappa shape index (κ2) is 10.4. The lowest BCUT2D eigenvalue weighted by molar-refractivity contribution is 0.0396. The van der Waals surface area contributed by atoms with E-state index in [4.69, 9.17) is 14.2 Å². The molecule has 2 aromatic carbocycles. The quantitative estimate of drug-likeness (QED) is 0.325. The van der Waals surface area contributed by atoms with Crippen LogP contribution in [0.2, 0.25) is 0 Å². The molecule has 0 amide bonds. The lowest BCUT2D eigenvalue weighted by atomic mass is 9.86. The molecule has 1 heterocycles. The molecule has 1 atom stereocenters. The molecule has 1 fully saturated rings. The summed E-state index contributed by atoms with van der Waals surface area (Å²) in [6.07, 6.45) is 5.68. The Hall–Kier alpha value is -2.16. The van der Waals surface area contributed by atoms with E-state index in [-0.39, 0.29) is 35.6 Å². The minimum absolute atomic E-state index is 0. The number of guanidine groups is 1. The number of hydrogen-bond donors (Lipinski definition) is 2. The Balaban J connectivity index is 0.00000272. The summed E-state index contributed by atoms with van der Waals surface area (Å²) in [4.78, 5) is 4.46. The van der Waals surface area contributed by atoms with E-state index in [0.717, 1.165) is 48.0 Å². The maximum Gasteiger partial charge on any atom is 0.191 e. The van der Waals surface area contributed by atoms with Crippen LogP contribution >= 0.6 is 24.0 Å². The number of ether oxygens (including phenoxy) is 3. The molecule has 168 valence electrons. The van der Waals surface area contributed by atoms with E-state index in [9.17, 15) is 0 Å². The van der Waals surface area contributed by atoms with Crippen LogP contribution in [0.1, 0.15) is 49.3 Å². The van der Waals surface area contributed by atoms with Crippen molar-refractivity contribution in [3.05, 3.63) is 53.6 Å². The third kappa shape index (κ3) is 5.19. The minimum Gasteiger partial charge on any atom is -0.493 e. The van der Waals surface area contributed by atoms with Gasteiger partial charge in [0.1, 0.15) is 11.4 Å². The Bertz CT molecular complexity index is 913. The lowest BCUT2D eigenvalue weighted by Crippen LogP contribution is -2.46. The molecule has 6 nitrogen and oxygen atoms in total. The Labute approximate surface area is 201 Å². The molecule has 2 aromatic rings. The fourth-order valence-corrected chi connectivity index (χ4v) is 4.61. The first kappa shape index (κ1) is 23.5. The number of nitrogens with one attached hydrogen (secondary N) is 2. The third-order valence-electron chi connectivity index (χ3n) is 6.15. The van der Waals surface area contributed by atoms with Gasteiger partial charge < -0.3 is 24.8 Å². The predicted octanol–water partition coefficient (Wildman–Crippen LogP) is 4.82. The maximum atomic E-state index is 6.48. The maximum absolute atomic E-state index is 6.48. The van der Waals surface area contributed by atoms with Gasteiger partial charge in [0.05, 0.1) is 20.3 Å². The third-order valence-corrected chi connectivity index (χ3v) is 6.15. The summed E-state index contributed by atoms with van der Waals surface area (Å²) in [5.41, 5.74) is 2.24. The van der Waals surface area contributed by atoms with E-state index >= 15 is 0 Å². The summed E-state index contributed by atoms with van der Waals surface area (Å²) in [6, 6.07) is 14.5. The standard InChI is InChI=1S/C24H31N3O3.HI/c1-25-23(26-16-17-10-11-21(28-2)22(14-17)29-3)27-19-15-24(12-6-7-13-24)30-20-9-5-4-8-18(19)20;/h4-5,8-11,14,19H,6-7,12-13,15-16H2,1-3H3,(H2,25,26,27);1H. The van der Waals surface area contributed by atoms with Crippen molar-refractivity contribution in [2.75, 3.05) is 21.3 Å². The van der Waals surface area contributed by atoms with Crippen molar-refractivity contribution in [2.24, 2.45) is 4.99 Å². The lowest BCUT2D eigenvalue weighted by Gasteiger charge is -2.40. The number of rotatable bonds is 5. The summed E-state index contributed by atoms with van der Waals surface area (Å²) in [5, 5.41) is 7.07. The van der Waals surface area contributed by atoms with Gasteiger partial charge in [-0.1, -0.05) is 24.3 Å². The zero-order valence-corrected chi connectivity index (χ0v) is 20.8. The van der Waals surface area contributed by atoms with E-state index in [1.54, 1.807) is 21.3 Å². The molecule has 7 heteroatoms. The van der Waals surface area contributed by atoms with Crippen LogP contribution in [0, 0.1) is 0 Å². The van der Waals surface area contributed by atoms with Crippen LogP contribution in [0.5, 0.6) is 17.2 Å². The summed E-state index contributed by atoms with van der Waals surface area (Å²) in [6.45, 7) is 0.635. The number of aliphatic imine (C=N–C) groups is 1. The average Bonchev–Trinajstić information content (AvgIpc) is 3.23. The van der Waals surface area contributed by atoms with Crippen molar-refractivity contribution in [2.45, 2.75) is 50.3 Å². The minimum atomic E-state index is -0.0474. The number of para-hydroxylation sites is 1. The van der Waals surface area contributed by atoms with Gasteiger partial charge in [-0.3, -0.25) is 4.99 Å². The molecule has 1 unspecified atom stereocenters. The van der Waals surface area contributed by atoms with Crippen LogP contribution in [0.4, 0.5) is 0 Å². The highest BCUT2D eigenvalue weighted by atomic mass is 127. The van der Waals surface area contributed by atoms with Gasteiger partial charge in [-0.25, -0.2) is 0 Å². The number of hydrogen-bond acceptors (Lipinski definition) is 4. The van der Waals surface area contributed by atoms with Crippen molar-refractivity contribution in [3.63, 3.8) is 0 Å². The smallest absolute Gasteiger partial charge is 0.191 e. The average molecular weight is 537 g/mol. The van der Waals surface area contributed by atoms with Gasteiger partial charge >= 0.3 is 0 Å². The SMILES string of the molecule is CN=C(NCc1ccc(OC)c(OC)c1)NC1CC2(CCCC2)Oc2ccccc21.I. The normalized spacial score (nSPS) is 19.1. The van der Waals surface area contributed by atoms with E-state index in [1.807, 2.05) is 24.3 Å². The van der Waals surface area contributed by atoms with E-state index in [0.29, 0.717) is 6.54 Å². The summed E-state index contributed by atoms with van der Waals surface area (Å²) < 4.78 is 17.2. The second-order valence-electron chi connectivity index (χ2n) is 8.05. The van der Waals surface area contributed by atoms with Crippen molar-refractivity contribution < 1.29 is 14.2 Å². The summed E-state index contributed by atoms with van der Waals surface area (Å²) in [5.74, 6) is 3.23. The van der Waals surface area contributed by atoms with Crippen molar-refractivity contribution in [3.8, 4) is 17.2 Å². The Kier molecular flexibility index (Phi) is 7.91. The van der Waals surface area contributed by atoms with Crippen molar-refractivity contribution in [1.29, 1.82) is 0 Å². The molecule has 0 bridgehead atoms. The largest absolute Gasteiger partial charge is 0.493 e. The molecular weight excluding hydrogens is 505 g/mol. The van der Waals surface area contributed by atoms with Crippen LogP contribution in [0.25, 0.3) is 0 Å². The van der Waals surface area contributed by atoms with Gasteiger partial charge in [0.2, 0.25) is 0 Å². The van der Waals surface area contributed by atoms with Crippen molar-refractivity contribution in [1.82, 2.24) is 10.6 Å². The van der Waals surface area contributed by atoms with Crippen LogP contribution in [-0.4, -0.2) is 32.8 Å². The molecule has 31 heavy (non-hydrogen) atoms. The zero-order chi connectivity index (χ0) is 21.0. The number of fused-ring (bicyclic) bond motifs is 1. The number of nitrogens with zero attached hydrogens (tertiary/aromatic N) is 1. The van der Waals surface area contributed by atoms with Gasteiger partial charge in [0, 0.05) is 25.6 Å². The number of methoxy groups -OCH3 is 2. The molecule has 4 rings (SSSR count). The number of halogens is 1. The van der Waals surface area contributed by atoms with Crippen LogP contribution < -0.4 is 24.8 Å². The highest BCUT2D eigenvalue weighted by molar-refractivity contribution is 14.0. The van der Waals surface area contributed by atoms with Crippen molar-refractivity contribution >= 4 is 29.9 Å². The molecular formula is C24H32IN3O3. The number of benzene rings is 2. The van der Waals surface area contributed by atoms with Crippen LogP contribution in [-0.2, 0) is 6.54 Å². The van der Waals surface area contributed by atoms with E-state index in [1.165, 1.54) is 18.4 Å². The van der Waals surface area contributed by atoms with Gasteiger partial charge in [-0.15, -0.1) is 24.0 Å². The first-order valence-electron chi connectivity index (χ1n) is 10.6. The Morgan fingerprint density at radius 2 is 1.84 bits per heavy atom. The fourth-order valence-electron chi connectivity index (χ4n) is 4.61. The van der Waals surface area contributed by atoms with E-state index in [2.05, 4.69) is 33.8 Å². The molecule has 2 N–H and O–H groups in total. The zero-order valence-electron chi connectivity index (χ0n) is 18.4. The van der Waals surface area contributed by atoms with Crippen LogP contribution in [0.3, 0.4) is 0 Å². The monoisotopic (exact) mass is 537 g/mol. The molecule has 0 radical (unpaired) electrons. The molecule has 0 aromatic heterocycles. The topological polar surface area (TPSA) is 64.1 Å². The highest BCUT2D eigenvalue weighted by Crippen LogP contribution is 2.46. The van der Waals surface area contributed by atoms with Gasteiger partial charge in [-0.2, -0.15) is 0 Å². The Morgan fingerprint density at radius 1 is 1.10 bits per heavy atom. The second-order valence-corrected chi connectivity index (χ2v) is 8.05. The predicted molar refractivity (Wildman–Crippen MR) is 134 cm³/mol.